The van der Waals surface area contributed by atoms with Gasteiger partial charge in [0.2, 0.25) is 5.91 Å². The van der Waals surface area contributed by atoms with E-state index in [-0.39, 0.29) is 11.7 Å². The highest BCUT2D eigenvalue weighted by Gasteiger charge is 2.09. The highest BCUT2D eigenvalue weighted by atomic mass is 16.5. The Bertz CT molecular complexity index is 787. The van der Waals surface area contributed by atoms with Crippen LogP contribution in [0.4, 0.5) is 5.69 Å². The average Bonchev–Trinajstić information content (AvgIpc) is 2.66. The van der Waals surface area contributed by atoms with Crippen LogP contribution in [0.5, 0.6) is 11.5 Å². The third-order valence-electron chi connectivity index (χ3n) is 4.20. The molecule has 0 bridgehead atoms. The van der Waals surface area contributed by atoms with E-state index in [2.05, 4.69) is 10.2 Å². The van der Waals surface area contributed by atoms with Gasteiger partial charge in [0.25, 0.3) is 0 Å². The van der Waals surface area contributed by atoms with Crippen molar-refractivity contribution in [1.82, 2.24) is 4.90 Å². The molecule has 27 heavy (non-hydrogen) atoms. The van der Waals surface area contributed by atoms with E-state index in [1.807, 2.05) is 25.2 Å². The van der Waals surface area contributed by atoms with Crippen LogP contribution in [-0.2, 0) is 11.3 Å². The number of hydrogen-bond acceptors (Lipinski definition) is 5. The molecular weight excluding hydrogens is 344 g/mol. The molecule has 0 aliphatic carbocycles. The molecule has 0 aliphatic rings. The highest BCUT2D eigenvalue weighted by molar-refractivity contribution is 5.95. The average molecular weight is 370 g/mol. The number of carbonyl (C=O) groups excluding carboxylic acids is 2. The van der Waals surface area contributed by atoms with Crippen molar-refractivity contribution in [2.45, 2.75) is 19.9 Å². The fraction of sp³-hybridized carbons (Fsp3) is 0.333. The molecule has 2 rings (SSSR count). The summed E-state index contributed by atoms with van der Waals surface area (Å²) < 4.78 is 10.6. The number of amides is 1. The second-order valence-corrected chi connectivity index (χ2v) is 6.36. The number of ether oxygens (including phenoxy) is 2. The lowest BCUT2D eigenvalue weighted by Gasteiger charge is -2.17. The summed E-state index contributed by atoms with van der Waals surface area (Å²) >= 11 is 0. The predicted molar refractivity (Wildman–Crippen MR) is 106 cm³/mol. The number of nitrogens with one attached hydrogen (secondary N) is 1. The van der Waals surface area contributed by atoms with E-state index in [4.69, 9.17) is 9.47 Å². The molecule has 2 aromatic carbocycles. The molecule has 6 nitrogen and oxygen atoms in total. The van der Waals surface area contributed by atoms with E-state index in [0.29, 0.717) is 42.3 Å². The predicted octanol–water partition coefficient (Wildman–Crippen LogP) is 3.37. The molecule has 0 atom stereocenters. The molecule has 6 heteroatoms. The minimum Gasteiger partial charge on any atom is -0.493 e. The maximum Gasteiger partial charge on any atom is 0.225 e. The first-order chi connectivity index (χ1) is 12.9. The second-order valence-electron chi connectivity index (χ2n) is 6.36. The first-order valence-corrected chi connectivity index (χ1v) is 8.73. The van der Waals surface area contributed by atoms with Gasteiger partial charge < -0.3 is 19.7 Å². The van der Waals surface area contributed by atoms with Crippen molar-refractivity contribution in [3.63, 3.8) is 0 Å². The van der Waals surface area contributed by atoms with Crippen LogP contribution < -0.4 is 14.8 Å². The standard InChI is InChI=1S/C21H26N2O4/c1-15(24)17-6-8-18(9-7-17)22-21(25)11-12-23(2)14-16-5-10-19(26-3)20(13-16)27-4/h5-10,13H,11-12,14H2,1-4H3,(H,22,25). The van der Waals surface area contributed by atoms with Gasteiger partial charge in [0.05, 0.1) is 14.2 Å². The summed E-state index contributed by atoms with van der Waals surface area (Å²) in [6, 6.07) is 12.7. The number of benzene rings is 2. The number of carbonyl (C=O) groups is 2. The molecule has 0 saturated heterocycles. The molecule has 144 valence electrons. The van der Waals surface area contributed by atoms with Crippen molar-refractivity contribution in [2.24, 2.45) is 0 Å². The summed E-state index contributed by atoms with van der Waals surface area (Å²) in [5, 5.41) is 2.85. The molecule has 0 aromatic heterocycles. The number of anilines is 1. The molecule has 0 unspecified atom stereocenters. The second kappa shape index (κ2) is 9.73. The molecule has 1 amide bonds. The van der Waals surface area contributed by atoms with Gasteiger partial charge >= 0.3 is 0 Å². The molecule has 2 aromatic rings. The van der Waals surface area contributed by atoms with Gasteiger partial charge in [-0.3, -0.25) is 9.59 Å². The van der Waals surface area contributed by atoms with Crippen LogP contribution in [-0.4, -0.2) is 44.4 Å². The van der Waals surface area contributed by atoms with Crippen LogP contribution in [0.3, 0.4) is 0 Å². The quantitative estimate of drug-likeness (QED) is 0.686. The first kappa shape index (κ1) is 20.5. The number of methoxy groups -OCH3 is 2. The molecule has 0 radical (unpaired) electrons. The van der Waals surface area contributed by atoms with Gasteiger partial charge in [-0.05, 0) is 55.9 Å². The van der Waals surface area contributed by atoms with Crippen molar-refractivity contribution in [3.8, 4) is 11.5 Å². The van der Waals surface area contributed by atoms with E-state index in [0.717, 1.165) is 5.56 Å². The van der Waals surface area contributed by atoms with Crippen LogP contribution in [0.15, 0.2) is 42.5 Å². The zero-order chi connectivity index (χ0) is 19.8. The largest absolute Gasteiger partial charge is 0.493 e. The van der Waals surface area contributed by atoms with Gasteiger partial charge in [0.1, 0.15) is 0 Å². The van der Waals surface area contributed by atoms with Gasteiger partial charge in [-0.1, -0.05) is 6.07 Å². The lowest BCUT2D eigenvalue weighted by Crippen LogP contribution is -2.24. The van der Waals surface area contributed by atoms with Gasteiger partial charge in [0, 0.05) is 30.8 Å². The van der Waals surface area contributed by atoms with Crippen molar-refractivity contribution in [2.75, 3.05) is 33.1 Å². The minimum atomic E-state index is -0.0651. The van der Waals surface area contributed by atoms with Crippen LogP contribution in [0, 0.1) is 0 Å². The smallest absolute Gasteiger partial charge is 0.225 e. The van der Waals surface area contributed by atoms with Crippen LogP contribution in [0.25, 0.3) is 0 Å². The lowest BCUT2D eigenvalue weighted by atomic mass is 10.1. The van der Waals surface area contributed by atoms with Crippen LogP contribution >= 0.6 is 0 Å². The van der Waals surface area contributed by atoms with Crippen molar-refractivity contribution < 1.29 is 19.1 Å². The molecular formula is C21H26N2O4. The molecule has 0 aliphatic heterocycles. The van der Waals surface area contributed by atoms with Crippen LogP contribution in [0.1, 0.15) is 29.3 Å². The Morgan fingerprint density at radius 1 is 1.00 bits per heavy atom. The Kier molecular flexibility index (Phi) is 7.37. The maximum absolute atomic E-state index is 12.1. The maximum atomic E-state index is 12.1. The number of rotatable bonds is 9. The molecule has 0 heterocycles. The van der Waals surface area contributed by atoms with Crippen molar-refractivity contribution in [3.05, 3.63) is 53.6 Å². The van der Waals surface area contributed by atoms with Gasteiger partial charge in [-0.25, -0.2) is 0 Å². The Labute approximate surface area is 160 Å². The van der Waals surface area contributed by atoms with Gasteiger partial charge in [0.15, 0.2) is 17.3 Å². The zero-order valence-electron chi connectivity index (χ0n) is 16.2. The fourth-order valence-corrected chi connectivity index (χ4v) is 2.67. The van der Waals surface area contributed by atoms with E-state index in [9.17, 15) is 9.59 Å². The first-order valence-electron chi connectivity index (χ1n) is 8.73. The summed E-state index contributed by atoms with van der Waals surface area (Å²) in [5.41, 5.74) is 2.39. The van der Waals surface area contributed by atoms with Crippen LogP contribution in [0.2, 0.25) is 0 Å². The fourth-order valence-electron chi connectivity index (χ4n) is 2.67. The summed E-state index contributed by atoms with van der Waals surface area (Å²) in [7, 11) is 5.18. The zero-order valence-corrected chi connectivity index (χ0v) is 16.2. The number of hydrogen-bond donors (Lipinski definition) is 1. The molecule has 1 N–H and O–H groups in total. The molecule has 0 spiro atoms. The third kappa shape index (κ3) is 6.11. The minimum absolute atomic E-state index is 0.00432. The van der Waals surface area contributed by atoms with Crippen molar-refractivity contribution in [1.29, 1.82) is 0 Å². The van der Waals surface area contributed by atoms with E-state index < -0.39 is 0 Å². The van der Waals surface area contributed by atoms with E-state index >= 15 is 0 Å². The SMILES string of the molecule is COc1ccc(CN(C)CCC(=O)Nc2ccc(C(C)=O)cc2)cc1OC. The third-order valence-corrected chi connectivity index (χ3v) is 4.20. The molecule has 0 fully saturated rings. The summed E-state index contributed by atoms with van der Waals surface area (Å²) in [6.45, 7) is 2.83. The lowest BCUT2D eigenvalue weighted by molar-refractivity contribution is -0.116. The van der Waals surface area contributed by atoms with Gasteiger partial charge in [-0.15, -0.1) is 0 Å². The number of Topliss-reactive ketones (excluding diaryl/α,β-unsaturated/α-hetero) is 1. The molecule has 0 saturated carbocycles. The number of nitrogens with zero attached hydrogens (tertiary/aromatic N) is 1. The van der Waals surface area contributed by atoms with E-state index in [1.54, 1.807) is 38.5 Å². The van der Waals surface area contributed by atoms with Crippen molar-refractivity contribution >= 4 is 17.4 Å². The Hall–Kier alpha value is -2.86. The number of ketones is 1. The van der Waals surface area contributed by atoms with E-state index in [1.165, 1.54) is 6.92 Å². The Balaban J connectivity index is 1.83. The topological polar surface area (TPSA) is 67.9 Å². The summed E-state index contributed by atoms with van der Waals surface area (Å²) in [5.74, 6) is 1.32. The Morgan fingerprint density at radius 2 is 1.67 bits per heavy atom. The highest BCUT2D eigenvalue weighted by Crippen LogP contribution is 2.27. The normalized spacial score (nSPS) is 10.6. The summed E-state index contributed by atoms with van der Waals surface area (Å²) in [6.07, 6.45) is 0.373. The van der Waals surface area contributed by atoms with Gasteiger partial charge in [-0.2, -0.15) is 0 Å². The Morgan fingerprint density at radius 3 is 2.26 bits per heavy atom. The monoisotopic (exact) mass is 370 g/mol. The summed E-state index contributed by atoms with van der Waals surface area (Å²) in [4.78, 5) is 25.5.